The molecule has 15 heteroatoms. The highest BCUT2D eigenvalue weighted by Crippen LogP contribution is 2.48. The van der Waals surface area contributed by atoms with E-state index in [1.807, 2.05) is 18.7 Å². The maximum atomic E-state index is 14.2. The molecule has 2 aliphatic carbocycles. The van der Waals surface area contributed by atoms with E-state index in [1.165, 1.54) is 21.3 Å². The number of methoxy groups -OCH3 is 3. The van der Waals surface area contributed by atoms with E-state index >= 15 is 0 Å². The number of hydrogen-bond acceptors (Lipinski definition) is 10. The molecule has 3 fully saturated rings. The molecule has 2 aromatic carbocycles. The zero-order valence-corrected chi connectivity index (χ0v) is 35.4. The molecule has 9 atom stereocenters. The first-order valence-electron chi connectivity index (χ1n) is 21.0. The number of amidine groups is 1. The first-order chi connectivity index (χ1) is 28.8. The number of fused-ring (bicyclic) bond motifs is 5. The van der Waals surface area contributed by atoms with Gasteiger partial charge in [-0.15, -0.1) is 0 Å². The van der Waals surface area contributed by atoms with Crippen LogP contribution >= 0.6 is 0 Å². The predicted octanol–water partition coefficient (Wildman–Crippen LogP) is 5.76. The molecular formula is C45H56N8O7. The van der Waals surface area contributed by atoms with Crippen LogP contribution in [0, 0.1) is 11.8 Å². The molecular weight excluding hydrogens is 765 g/mol. The monoisotopic (exact) mass is 820 g/mol. The normalized spacial score (nSPS) is 26.5. The van der Waals surface area contributed by atoms with Crippen LogP contribution in [-0.2, 0) is 23.8 Å². The molecule has 318 valence electrons. The Morgan fingerprint density at radius 1 is 0.883 bits per heavy atom. The van der Waals surface area contributed by atoms with Gasteiger partial charge >= 0.3 is 12.2 Å². The van der Waals surface area contributed by atoms with E-state index in [0.717, 1.165) is 71.5 Å². The van der Waals surface area contributed by atoms with E-state index in [1.54, 1.807) is 18.0 Å². The zero-order chi connectivity index (χ0) is 42.5. The number of nitrogens with one attached hydrogen (secondary N) is 4. The summed E-state index contributed by atoms with van der Waals surface area (Å²) in [6.07, 6.45) is 8.79. The summed E-state index contributed by atoms with van der Waals surface area (Å²) in [6.45, 7) is 8.33. The number of carbonyl (C=O) groups excluding carboxylic acids is 4. The third-order valence-electron chi connectivity index (χ3n) is 13.3. The van der Waals surface area contributed by atoms with Crippen molar-refractivity contribution in [2.75, 3.05) is 27.9 Å². The summed E-state index contributed by atoms with van der Waals surface area (Å²) in [7, 11) is 4.08. The number of aromatic amines is 1. The van der Waals surface area contributed by atoms with Crippen LogP contribution in [0.25, 0.3) is 28.5 Å². The summed E-state index contributed by atoms with van der Waals surface area (Å²) in [5.41, 5.74) is 5.74. The second kappa shape index (κ2) is 16.4. The highest BCUT2D eigenvalue weighted by molar-refractivity contribution is 5.97. The van der Waals surface area contributed by atoms with Gasteiger partial charge in [0.2, 0.25) is 11.8 Å². The molecule has 2 bridgehead atoms. The molecule has 1 aromatic heterocycles. The predicted molar refractivity (Wildman–Crippen MR) is 226 cm³/mol. The van der Waals surface area contributed by atoms with Crippen molar-refractivity contribution in [1.82, 2.24) is 35.7 Å². The number of aromatic nitrogens is 2. The van der Waals surface area contributed by atoms with Gasteiger partial charge in [-0.3, -0.25) is 14.6 Å². The largest absolute Gasteiger partial charge is 0.453 e. The molecule has 2 saturated heterocycles. The van der Waals surface area contributed by atoms with E-state index < -0.39 is 35.9 Å². The van der Waals surface area contributed by atoms with Crippen LogP contribution in [0.1, 0.15) is 88.8 Å². The molecule has 3 aromatic rings. The van der Waals surface area contributed by atoms with Gasteiger partial charge in [0.05, 0.1) is 49.8 Å². The number of ether oxygens (including phenoxy) is 3. The van der Waals surface area contributed by atoms with Gasteiger partial charge in [-0.05, 0) is 91.7 Å². The number of hydrogen-bond donors (Lipinski definition) is 4. The van der Waals surface area contributed by atoms with Crippen LogP contribution in [0.2, 0.25) is 0 Å². The molecule has 8 rings (SSSR count). The molecule has 0 spiro atoms. The number of carbonyl (C=O) groups is 4. The summed E-state index contributed by atoms with van der Waals surface area (Å²) in [4.78, 5) is 69.4. The van der Waals surface area contributed by atoms with Crippen molar-refractivity contribution < 1.29 is 33.4 Å². The number of imidazole rings is 1. The van der Waals surface area contributed by atoms with E-state index in [2.05, 4.69) is 82.5 Å². The molecule has 4 N–H and O–H groups in total. The van der Waals surface area contributed by atoms with Crippen LogP contribution in [0.4, 0.5) is 9.59 Å². The molecule has 5 aliphatic rings. The van der Waals surface area contributed by atoms with Crippen molar-refractivity contribution in [3.05, 3.63) is 71.7 Å². The summed E-state index contributed by atoms with van der Waals surface area (Å²) in [5, 5.41) is 9.18. The number of nitrogens with zero attached hydrogens (tertiary/aromatic N) is 4. The van der Waals surface area contributed by atoms with Crippen LogP contribution in [-0.4, -0.2) is 113 Å². The molecule has 0 radical (unpaired) electrons. The average Bonchev–Trinajstić information content (AvgIpc) is 4.12. The van der Waals surface area contributed by atoms with Gasteiger partial charge in [0, 0.05) is 19.7 Å². The standard InChI is InChI=1S/C45H56N8O7/c1-24(2)35(48-43(56)59-6)42(55)53-31-16-14-30(22-31)37(53)40-50-38-32-17-15-28(21-29(32)18-19-45(38,4)51-40)26-10-12-27(13-11-26)33-23-46-39(47-33)34-9-8-20-52(34)41(54)36(25(3)58-5)49-44(57)60-7/h10-13,15,17-19,21,23-25,30-31,34-38H,8-9,14,16,20,22H2,1-7H3,(H,46,47)(H,48,56)(H,49,57)(H,50,51)/t25-,30+,31-,34+,35+,36+,37+,38?,45?/m1/s1. The highest BCUT2D eigenvalue weighted by Gasteiger charge is 2.55. The lowest BCUT2D eigenvalue weighted by Crippen LogP contribution is -2.60. The van der Waals surface area contributed by atoms with E-state index in [4.69, 9.17) is 24.2 Å². The SMILES string of the molecule is COC(=O)N[C@H](C(=O)N1[C@@H]2CC[C@@H](C2)[C@H]1C1=NC2c3ccc(-c4ccc(-c5cnc([C@@H]6CCCN6C(=O)[C@@H](NC(=O)OC)[C@@H](C)OC)[nH]5)cc4)cc3C=CC2(C)N1)C(C)C. The maximum Gasteiger partial charge on any atom is 0.407 e. The molecule has 3 aliphatic heterocycles. The summed E-state index contributed by atoms with van der Waals surface area (Å²) < 4.78 is 15.0. The summed E-state index contributed by atoms with van der Waals surface area (Å²) >= 11 is 0. The topological polar surface area (TPSA) is 180 Å². The van der Waals surface area contributed by atoms with Crippen molar-refractivity contribution in [3.63, 3.8) is 0 Å². The van der Waals surface area contributed by atoms with Crippen molar-refractivity contribution in [3.8, 4) is 22.4 Å². The third kappa shape index (κ3) is 7.41. The Morgan fingerprint density at radius 2 is 1.58 bits per heavy atom. The van der Waals surface area contributed by atoms with E-state index in [-0.39, 0.29) is 41.9 Å². The fourth-order valence-corrected chi connectivity index (χ4v) is 9.94. The zero-order valence-electron chi connectivity index (χ0n) is 35.4. The molecule has 4 amide bonds. The summed E-state index contributed by atoms with van der Waals surface area (Å²) in [5.74, 6) is 1.41. The molecule has 1 saturated carbocycles. The Hall–Kier alpha value is -5.70. The van der Waals surface area contributed by atoms with Gasteiger partial charge < -0.3 is 44.9 Å². The van der Waals surface area contributed by atoms with E-state index in [9.17, 15) is 19.2 Å². The number of amides is 4. The minimum absolute atomic E-state index is 0.0819. The lowest BCUT2D eigenvalue weighted by Gasteiger charge is -2.39. The fraction of sp³-hybridized carbons (Fsp3) is 0.511. The molecule has 2 unspecified atom stereocenters. The van der Waals surface area contributed by atoms with Crippen LogP contribution in [0.3, 0.4) is 0 Å². The van der Waals surface area contributed by atoms with Gasteiger partial charge in [-0.2, -0.15) is 0 Å². The third-order valence-corrected chi connectivity index (χ3v) is 13.3. The quantitative estimate of drug-likeness (QED) is 0.187. The number of benzene rings is 2. The first-order valence-corrected chi connectivity index (χ1v) is 21.0. The van der Waals surface area contributed by atoms with Crippen LogP contribution in [0.15, 0.2) is 59.7 Å². The van der Waals surface area contributed by atoms with Crippen molar-refractivity contribution in [1.29, 1.82) is 0 Å². The second-order valence-corrected chi connectivity index (χ2v) is 17.3. The number of aliphatic imine (C=N–C) groups is 1. The average molecular weight is 821 g/mol. The van der Waals surface area contributed by atoms with Crippen LogP contribution < -0.4 is 16.0 Å². The highest BCUT2D eigenvalue weighted by atomic mass is 16.5. The molecule has 4 heterocycles. The van der Waals surface area contributed by atoms with E-state index in [0.29, 0.717) is 18.3 Å². The maximum absolute atomic E-state index is 14.2. The number of likely N-dealkylation sites (tertiary alicyclic amines) is 2. The van der Waals surface area contributed by atoms with Gasteiger partial charge in [0.15, 0.2) is 0 Å². The Bertz CT molecular complexity index is 2200. The first kappa shape index (κ1) is 41.1. The fourth-order valence-electron chi connectivity index (χ4n) is 9.94. The van der Waals surface area contributed by atoms with Gasteiger partial charge in [0.1, 0.15) is 29.8 Å². The Morgan fingerprint density at radius 3 is 2.28 bits per heavy atom. The van der Waals surface area contributed by atoms with Gasteiger partial charge in [-0.1, -0.05) is 62.4 Å². The molecule has 60 heavy (non-hydrogen) atoms. The Balaban J connectivity index is 0.982. The van der Waals surface area contributed by atoms with Crippen LogP contribution in [0.5, 0.6) is 0 Å². The number of alkyl carbamates (subject to hydrolysis) is 2. The van der Waals surface area contributed by atoms with Crippen molar-refractivity contribution in [2.45, 2.75) is 108 Å². The lowest BCUT2D eigenvalue weighted by molar-refractivity contribution is -0.138. The van der Waals surface area contributed by atoms with Crippen molar-refractivity contribution >= 4 is 35.9 Å². The second-order valence-electron chi connectivity index (χ2n) is 17.3. The Labute approximate surface area is 350 Å². The number of rotatable bonds is 11. The van der Waals surface area contributed by atoms with Gasteiger partial charge in [0.25, 0.3) is 0 Å². The minimum atomic E-state index is -0.897. The number of piperidine rings is 1. The minimum Gasteiger partial charge on any atom is -0.453 e. The molecule has 15 nitrogen and oxygen atoms in total. The van der Waals surface area contributed by atoms with Crippen molar-refractivity contribution in [2.24, 2.45) is 16.8 Å². The van der Waals surface area contributed by atoms with Gasteiger partial charge in [-0.25, -0.2) is 14.6 Å². The summed E-state index contributed by atoms with van der Waals surface area (Å²) in [6, 6.07) is 12.8. The lowest BCUT2D eigenvalue weighted by atomic mass is 9.80. The smallest absolute Gasteiger partial charge is 0.407 e. The Kier molecular flexibility index (Phi) is 11.2. The number of H-pyrrole nitrogens is 1.